The topological polar surface area (TPSA) is 82.0 Å². The highest BCUT2D eigenvalue weighted by atomic mass is 16.5. The maximum atomic E-state index is 10.6. The number of aliphatic hydroxyl groups excluding tert-OH is 3. The Morgan fingerprint density at radius 3 is 2.82 bits per heavy atom. The molecule has 3 aliphatic carbocycles. The lowest BCUT2D eigenvalue weighted by Crippen LogP contribution is -2.46. The van der Waals surface area contributed by atoms with Crippen molar-refractivity contribution in [1.29, 1.82) is 0 Å². The van der Waals surface area contributed by atoms with Crippen LogP contribution >= 0.6 is 0 Å². The molecular formula is C17H21NO4. The minimum atomic E-state index is -0.905. The molecule has 0 aromatic carbocycles. The maximum absolute atomic E-state index is 10.6. The number of rotatable bonds is 1. The van der Waals surface area contributed by atoms with Gasteiger partial charge >= 0.3 is 0 Å². The first-order chi connectivity index (χ1) is 10.6. The summed E-state index contributed by atoms with van der Waals surface area (Å²) in [6.45, 7) is 0.870. The predicted molar refractivity (Wildman–Crippen MR) is 81.3 cm³/mol. The third kappa shape index (κ3) is 1.93. The molecule has 5 heteroatoms. The second kappa shape index (κ2) is 5.06. The summed E-state index contributed by atoms with van der Waals surface area (Å²) in [6.07, 6.45) is 3.63. The van der Waals surface area contributed by atoms with Crippen LogP contribution in [-0.2, 0) is 4.74 Å². The Bertz CT molecular complexity index is 643. The summed E-state index contributed by atoms with van der Waals surface area (Å²) in [4.78, 5) is 0. The van der Waals surface area contributed by atoms with Crippen molar-refractivity contribution in [3.63, 3.8) is 0 Å². The number of piperidine rings is 1. The van der Waals surface area contributed by atoms with Gasteiger partial charge in [-0.05, 0) is 59.4 Å². The van der Waals surface area contributed by atoms with E-state index < -0.39 is 12.2 Å². The van der Waals surface area contributed by atoms with Crippen molar-refractivity contribution < 1.29 is 20.1 Å². The Kier molecular flexibility index (Phi) is 3.27. The molecule has 5 nitrogen and oxygen atoms in total. The van der Waals surface area contributed by atoms with E-state index in [0.29, 0.717) is 6.42 Å². The van der Waals surface area contributed by atoms with E-state index in [-0.39, 0.29) is 17.9 Å². The fourth-order valence-electron chi connectivity index (χ4n) is 4.19. The Morgan fingerprint density at radius 1 is 1.23 bits per heavy atom. The van der Waals surface area contributed by atoms with Crippen molar-refractivity contribution in [2.75, 3.05) is 13.7 Å². The first-order valence-corrected chi connectivity index (χ1v) is 7.80. The highest BCUT2D eigenvalue weighted by Crippen LogP contribution is 2.46. The molecule has 0 amide bonds. The second-order valence-corrected chi connectivity index (χ2v) is 6.42. The Hall–Kier alpha value is -1.40. The summed E-state index contributed by atoms with van der Waals surface area (Å²) in [6, 6.07) is 0.152. The summed E-state index contributed by atoms with van der Waals surface area (Å²) in [5.74, 6) is 0.239. The van der Waals surface area contributed by atoms with Crippen LogP contribution in [0.2, 0.25) is 0 Å². The highest BCUT2D eigenvalue weighted by molar-refractivity contribution is 5.61. The van der Waals surface area contributed by atoms with Crippen LogP contribution in [0.1, 0.15) is 19.3 Å². The fraction of sp³-hybridized carbons (Fsp3) is 0.529. The SMILES string of the molecule is COC1CC2=C(C=C1O)CC1NCCC3=CC(O)C(O)C2=C31. The highest BCUT2D eigenvalue weighted by Gasteiger charge is 2.41. The largest absolute Gasteiger partial charge is 0.510 e. The molecule has 0 radical (unpaired) electrons. The van der Waals surface area contributed by atoms with E-state index in [1.165, 1.54) is 0 Å². The van der Waals surface area contributed by atoms with E-state index in [1.807, 2.05) is 0 Å². The first kappa shape index (κ1) is 14.2. The standard InChI is InChI=1S/C17H21NO4/c1-22-14-7-10-9(6-12(14)19)4-11-15-8(2-3-18-11)5-13(20)17(21)16(10)15/h5-6,11,13-14,17-21H,2-4,7H2,1H3. The Morgan fingerprint density at radius 2 is 2.05 bits per heavy atom. The van der Waals surface area contributed by atoms with Gasteiger partial charge in [-0.25, -0.2) is 0 Å². The summed E-state index contributed by atoms with van der Waals surface area (Å²) >= 11 is 0. The molecule has 4 unspecified atom stereocenters. The zero-order chi connectivity index (χ0) is 15.4. The van der Waals surface area contributed by atoms with Crippen molar-refractivity contribution in [2.45, 2.75) is 43.6 Å². The second-order valence-electron chi connectivity index (χ2n) is 6.42. The fourth-order valence-corrected chi connectivity index (χ4v) is 4.19. The van der Waals surface area contributed by atoms with Crippen LogP contribution < -0.4 is 5.32 Å². The number of hydrogen-bond acceptors (Lipinski definition) is 5. The van der Waals surface area contributed by atoms with Gasteiger partial charge in [0.2, 0.25) is 0 Å². The molecule has 4 atom stereocenters. The molecule has 1 aliphatic heterocycles. The van der Waals surface area contributed by atoms with Crippen molar-refractivity contribution in [3.8, 4) is 0 Å². The van der Waals surface area contributed by atoms with Gasteiger partial charge in [0.1, 0.15) is 24.1 Å². The molecule has 0 aromatic rings. The van der Waals surface area contributed by atoms with Crippen LogP contribution in [0.5, 0.6) is 0 Å². The number of nitrogens with one attached hydrogen (secondary N) is 1. The predicted octanol–water partition coefficient (Wildman–Crippen LogP) is 0.868. The maximum Gasteiger partial charge on any atom is 0.122 e. The Balaban J connectivity index is 1.87. The molecule has 0 aromatic heterocycles. The van der Waals surface area contributed by atoms with Crippen molar-refractivity contribution in [2.24, 2.45) is 0 Å². The number of ether oxygens (including phenoxy) is 1. The lowest BCUT2D eigenvalue weighted by molar-refractivity contribution is 0.0651. The van der Waals surface area contributed by atoms with Gasteiger partial charge in [0, 0.05) is 19.6 Å². The minimum Gasteiger partial charge on any atom is -0.510 e. The number of aliphatic hydroxyl groups is 3. The average Bonchev–Trinajstić information content (AvgIpc) is 2.50. The third-order valence-corrected chi connectivity index (χ3v) is 5.22. The molecule has 1 heterocycles. The van der Waals surface area contributed by atoms with Crippen LogP contribution in [0.4, 0.5) is 0 Å². The normalized spacial score (nSPS) is 37.4. The molecule has 4 N–H and O–H groups in total. The van der Waals surface area contributed by atoms with Gasteiger partial charge in [0.25, 0.3) is 0 Å². The van der Waals surface area contributed by atoms with E-state index in [2.05, 4.69) is 5.32 Å². The minimum absolute atomic E-state index is 0.152. The van der Waals surface area contributed by atoms with Gasteiger partial charge in [-0.1, -0.05) is 0 Å². The summed E-state index contributed by atoms with van der Waals surface area (Å²) in [5, 5.41) is 34.3. The zero-order valence-corrected chi connectivity index (χ0v) is 12.5. The molecular weight excluding hydrogens is 282 g/mol. The number of hydrogen-bond donors (Lipinski definition) is 4. The van der Waals surface area contributed by atoms with Crippen LogP contribution in [0.3, 0.4) is 0 Å². The molecule has 0 saturated carbocycles. The van der Waals surface area contributed by atoms with Gasteiger partial charge in [-0.3, -0.25) is 0 Å². The quantitative estimate of drug-likeness (QED) is 0.578. The van der Waals surface area contributed by atoms with Crippen LogP contribution in [0.25, 0.3) is 0 Å². The lowest BCUT2D eigenvalue weighted by Gasteiger charge is -2.43. The van der Waals surface area contributed by atoms with E-state index in [9.17, 15) is 15.3 Å². The summed E-state index contributed by atoms with van der Waals surface area (Å²) in [7, 11) is 1.57. The monoisotopic (exact) mass is 303 g/mol. The van der Waals surface area contributed by atoms with Crippen LogP contribution in [0.15, 0.2) is 45.8 Å². The van der Waals surface area contributed by atoms with Crippen LogP contribution in [0, 0.1) is 0 Å². The molecule has 22 heavy (non-hydrogen) atoms. The van der Waals surface area contributed by atoms with Gasteiger partial charge in [-0.2, -0.15) is 0 Å². The van der Waals surface area contributed by atoms with Gasteiger partial charge in [0.05, 0.1) is 0 Å². The molecule has 4 aliphatic rings. The van der Waals surface area contributed by atoms with Crippen molar-refractivity contribution in [3.05, 3.63) is 45.8 Å². The zero-order valence-electron chi connectivity index (χ0n) is 12.5. The van der Waals surface area contributed by atoms with Gasteiger partial charge in [0.15, 0.2) is 0 Å². The molecule has 1 saturated heterocycles. The van der Waals surface area contributed by atoms with E-state index in [0.717, 1.165) is 47.3 Å². The van der Waals surface area contributed by atoms with Crippen LogP contribution in [-0.4, -0.2) is 53.3 Å². The average molecular weight is 303 g/mol. The molecule has 0 bridgehead atoms. The molecule has 118 valence electrons. The molecule has 4 rings (SSSR count). The van der Waals surface area contributed by atoms with E-state index in [1.54, 1.807) is 19.3 Å². The first-order valence-electron chi connectivity index (χ1n) is 7.80. The number of allylic oxidation sites excluding steroid dienone is 1. The Labute approximate surface area is 129 Å². The van der Waals surface area contributed by atoms with Crippen molar-refractivity contribution in [1.82, 2.24) is 5.32 Å². The van der Waals surface area contributed by atoms with E-state index in [4.69, 9.17) is 4.74 Å². The lowest BCUT2D eigenvalue weighted by atomic mass is 9.69. The molecule has 1 fully saturated rings. The number of fused-ring (bicyclic) bond motifs is 1. The van der Waals surface area contributed by atoms with Crippen molar-refractivity contribution >= 4 is 0 Å². The molecule has 0 spiro atoms. The van der Waals surface area contributed by atoms with E-state index >= 15 is 0 Å². The smallest absolute Gasteiger partial charge is 0.122 e. The number of methoxy groups -OCH3 is 1. The summed E-state index contributed by atoms with van der Waals surface area (Å²) in [5.41, 5.74) is 5.20. The van der Waals surface area contributed by atoms with Gasteiger partial charge < -0.3 is 25.4 Å². The van der Waals surface area contributed by atoms with Gasteiger partial charge in [-0.15, -0.1) is 0 Å². The summed E-state index contributed by atoms with van der Waals surface area (Å²) < 4.78 is 5.34. The third-order valence-electron chi connectivity index (χ3n) is 5.22.